The molecule has 14 rings (SSSR count). The molecular weight excluding hydrogens is 967 g/mol. The van der Waals surface area contributed by atoms with E-state index in [4.69, 9.17) is 0 Å². The zero-order valence-corrected chi connectivity index (χ0v) is 44.2. The largest absolute Gasteiger partial charge is 0.350 e. The second-order valence-corrected chi connectivity index (χ2v) is 22.2. The average molecular weight is 1030 g/mol. The molecule has 2 fully saturated rings. The Morgan fingerprint density at radius 2 is 0.756 bits per heavy atom. The second kappa shape index (κ2) is 19.7. The van der Waals surface area contributed by atoms with Gasteiger partial charge in [0, 0.05) is 143 Å². The molecule has 8 aromatic carbocycles. The highest BCUT2D eigenvalue weighted by Gasteiger charge is 2.39. The van der Waals surface area contributed by atoms with Crippen LogP contribution in [0.2, 0.25) is 0 Å². The summed E-state index contributed by atoms with van der Waals surface area (Å²) in [6.07, 6.45) is 8.33. The van der Waals surface area contributed by atoms with Crippen LogP contribution in [-0.2, 0) is 32.0 Å². The number of para-hydroxylation sites is 4. The van der Waals surface area contributed by atoms with Crippen molar-refractivity contribution in [3.63, 3.8) is 0 Å². The summed E-state index contributed by atoms with van der Waals surface area (Å²) in [5, 5.41) is 6.72. The van der Waals surface area contributed by atoms with E-state index in [1.165, 1.54) is 11.0 Å². The number of fused-ring (bicyclic) bond motifs is 8. The summed E-state index contributed by atoms with van der Waals surface area (Å²) in [5.74, 6) is -1.59. The molecule has 7 nitrogen and oxygen atoms in total. The third kappa shape index (κ3) is 8.25. The lowest BCUT2D eigenvalue weighted by atomic mass is 9.75. The van der Waals surface area contributed by atoms with Crippen LogP contribution in [0.5, 0.6) is 0 Å². The predicted molar refractivity (Wildman–Crippen MR) is 313 cm³/mol. The summed E-state index contributed by atoms with van der Waals surface area (Å²) < 4.78 is 37.3. The van der Waals surface area contributed by atoms with E-state index in [9.17, 15) is 8.78 Å². The Hall–Kier alpha value is -8.11. The van der Waals surface area contributed by atoms with Gasteiger partial charge in [-0.3, -0.25) is 14.6 Å². The minimum Gasteiger partial charge on any atom is -0.350 e. The summed E-state index contributed by atoms with van der Waals surface area (Å²) in [7, 11) is 4.21. The SMILES string of the molecule is Cn1cc(C(C(=O)C(c2cn(C)c3ccccc23)c2cccc3c2c2ccccc2n3C2CCN(Cc3ccc(F)cc3)CC2)c2cccc3c2c2ccccc2n3C2CCN(Cc3ccc(F)cc3)CC2)c2ccccc21. The van der Waals surface area contributed by atoms with Crippen molar-refractivity contribution in [2.75, 3.05) is 26.2 Å². The lowest BCUT2D eigenvalue weighted by molar-refractivity contribution is -0.120. The Bertz CT molecular complexity index is 3950. The zero-order valence-electron chi connectivity index (χ0n) is 44.2. The lowest BCUT2D eigenvalue weighted by Gasteiger charge is -2.33. The number of rotatable bonds is 12. The van der Waals surface area contributed by atoms with Crippen molar-refractivity contribution in [1.29, 1.82) is 0 Å². The number of carbonyl (C=O) groups excluding carboxylic acids is 1. The number of benzene rings is 8. The number of hydrogen-bond acceptors (Lipinski definition) is 3. The van der Waals surface area contributed by atoms with Gasteiger partial charge in [-0.2, -0.15) is 0 Å². The molecule has 2 aliphatic heterocycles. The molecule has 0 saturated carbocycles. The third-order valence-electron chi connectivity index (χ3n) is 17.7. The predicted octanol–water partition coefficient (Wildman–Crippen LogP) is 15.4. The van der Waals surface area contributed by atoms with Gasteiger partial charge in [-0.25, -0.2) is 8.78 Å². The first kappa shape index (κ1) is 48.3. The molecule has 6 heterocycles. The molecule has 2 saturated heterocycles. The van der Waals surface area contributed by atoms with Crippen molar-refractivity contribution < 1.29 is 13.6 Å². The second-order valence-electron chi connectivity index (χ2n) is 22.2. The summed E-state index contributed by atoms with van der Waals surface area (Å²) in [6, 6.07) is 62.5. The van der Waals surface area contributed by atoms with Gasteiger partial charge in [0.2, 0.25) is 0 Å². The molecule has 0 spiro atoms. The Balaban J connectivity index is 0.937. The Morgan fingerprint density at radius 1 is 0.410 bits per heavy atom. The molecule has 4 aromatic heterocycles. The Labute approximate surface area is 453 Å². The minimum absolute atomic E-state index is 0.138. The van der Waals surface area contributed by atoms with E-state index < -0.39 is 11.8 Å². The van der Waals surface area contributed by atoms with E-state index in [1.54, 1.807) is 24.3 Å². The smallest absolute Gasteiger partial charge is 0.156 e. The molecule has 0 amide bonds. The molecule has 12 aromatic rings. The van der Waals surface area contributed by atoms with Crippen molar-refractivity contribution in [2.24, 2.45) is 14.1 Å². The van der Waals surface area contributed by atoms with E-state index in [0.29, 0.717) is 0 Å². The van der Waals surface area contributed by atoms with Crippen molar-refractivity contribution in [3.8, 4) is 0 Å². The van der Waals surface area contributed by atoms with Crippen molar-refractivity contribution in [3.05, 3.63) is 239 Å². The molecule has 78 heavy (non-hydrogen) atoms. The van der Waals surface area contributed by atoms with Crippen molar-refractivity contribution in [2.45, 2.75) is 62.7 Å². The Morgan fingerprint density at radius 3 is 1.15 bits per heavy atom. The normalized spacial score (nSPS) is 16.2. The number of carbonyl (C=O) groups is 1. The number of piperidine rings is 2. The van der Waals surface area contributed by atoms with Crippen LogP contribution in [0.3, 0.4) is 0 Å². The van der Waals surface area contributed by atoms with Crippen LogP contribution in [-0.4, -0.2) is 60.0 Å². The molecule has 0 N–H and O–H groups in total. The number of aryl methyl sites for hydroxylation is 2. The zero-order chi connectivity index (χ0) is 52.6. The Kier molecular flexibility index (Phi) is 12.2. The monoisotopic (exact) mass is 1030 g/mol. The van der Waals surface area contributed by atoms with E-state index in [0.717, 1.165) is 153 Å². The first-order valence-electron chi connectivity index (χ1n) is 27.8. The van der Waals surface area contributed by atoms with Gasteiger partial charge in [-0.05, 0) is 120 Å². The van der Waals surface area contributed by atoms with Crippen LogP contribution < -0.4 is 0 Å². The third-order valence-corrected chi connectivity index (χ3v) is 17.7. The molecule has 2 unspecified atom stereocenters. The van der Waals surface area contributed by atoms with E-state index >= 15 is 4.79 Å². The number of ketones is 1. The maximum atomic E-state index is 17.5. The molecular formula is C69H62F2N6O. The quantitative estimate of drug-likeness (QED) is 0.122. The molecule has 388 valence electrons. The van der Waals surface area contributed by atoms with Gasteiger partial charge in [0.1, 0.15) is 11.6 Å². The fourth-order valence-corrected chi connectivity index (χ4v) is 14.1. The molecule has 2 aliphatic rings. The first-order valence-corrected chi connectivity index (χ1v) is 27.8. The summed E-state index contributed by atoms with van der Waals surface area (Å²) in [6.45, 7) is 5.31. The van der Waals surface area contributed by atoms with Crippen LogP contribution in [0.15, 0.2) is 194 Å². The molecule has 9 heteroatoms. The topological polar surface area (TPSA) is 43.3 Å². The molecule has 0 radical (unpaired) electrons. The van der Waals surface area contributed by atoms with Gasteiger partial charge in [0.05, 0.1) is 11.8 Å². The summed E-state index contributed by atoms with van der Waals surface area (Å²) >= 11 is 0. The lowest BCUT2D eigenvalue weighted by Crippen LogP contribution is -2.34. The van der Waals surface area contributed by atoms with Gasteiger partial charge in [-0.1, -0.05) is 121 Å². The number of halogens is 2. The molecule has 0 bridgehead atoms. The summed E-state index contributed by atoms with van der Waals surface area (Å²) in [5.41, 5.74) is 13.1. The minimum atomic E-state index is -0.658. The number of hydrogen-bond donors (Lipinski definition) is 0. The highest BCUT2D eigenvalue weighted by Crippen LogP contribution is 2.49. The van der Waals surface area contributed by atoms with Crippen LogP contribution in [0.4, 0.5) is 8.78 Å². The molecule has 0 aliphatic carbocycles. The number of Topliss-reactive ketones (excluding diaryl/α,β-unsaturated/α-hetero) is 1. The maximum Gasteiger partial charge on any atom is 0.156 e. The average Bonchev–Trinajstić information content (AvgIpc) is 4.31. The van der Waals surface area contributed by atoms with Gasteiger partial charge in [0.25, 0.3) is 0 Å². The van der Waals surface area contributed by atoms with Crippen molar-refractivity contribution >= 4 is 71.2 Å². The maximum absolute atomic E-state index is 17.5. The highest BCUT2D eigenvalue weighted by molar-refractivity contribution is 6.16. The number of likely N-dealkylation sites (tertiary alicyclic amines) is 2. The summed E-state index contributed by atoms with van der Waals surface area (Å²) in [4.78, 5) is 22.4. The fourth-order valence-electron chi connectivity index (χ4n) is 14.1. The van der Waals surface area contributed by atoms with Gasteiger partial charge in [-0.15, -0.1) is 0 Å². The van der Waals surface area contributed by atoms with Crippen LogP contribution in [0, 0.1) is 11.6 Å². The van der Waals surface area contributed by atoms with Crippen LogP contribution in [0.25, 0.3) is 65.4 Å². The van der Waals surface area contributed by atoms with E-state index in [2.05, 4.69) is 188 Å². The number of aromatic nitrogens is 4. The standard InChI is InChI=1S/C69H62F2N6O/c1-72-43-57(51-13-3-7-19-59(51)72)67(55-17-11-23-63-65(55)53-15-5-9-21-61(53)76(63)49-33-37-74(38-34-49)41-45-25-29-47(70)30-26-45)69(78)68(58-44-73(2)60-20-8-4-14-52(58)60)56-18-12-24-64-66(56)54-16-6-10-22-62(54)77(64)50-35-39-75(40-36-50)42-46-27-31-48(71)32-28-46/h3-32,43-44,49-50,67-68H,33-42H2,1-2H3. The van der Waals surface area contributed by atoms with Crippen molar-refractivity contribution in [1.82, 2.24) is 28.1 Å². The van der Waals surface area contributed by atoms with Gasteiger partial charge in [0.15, 0.2) is 5.78 Å². The van der Waals surface area contributed by atoms with Gasteiger partial charge < -0.3 is 18.3 Å². The van der Waals surface area contributed by atoms with Crippen LogP contribution >= 0.6 is 0 Å². The highest BCUT2D eigenvalue weighted by atomic mass is 19.1. The molecule has 2 atom stereocenters. The van der Waals surface area contributed by atoms with E-state index in [1.807, 2.05) is 24.3 Å². The number of nitrogens with zero attached hydrogens (tertiary/aromatic N) is 6. The van der Waals surface area contributed by atoms with Gasteiger partial charge >= 0.3 is 0 Å². The fraction of sp³-hybridized carbons (Fsp3) is 0.232. The van der Waals surface area contributed by atoms with Crippen LogP contribution in [0.1, 0.15) is 83.0 Å². The van der Waals surface area contributed by atoms with E-state index in [-0.39, 0.29) is 29.5 Å². The first-order chi connectivity index (χ1) is 38.3.